The molecule has 1 amide bonds. The summed E-state index contributed by atoms with van der Waals surface area (Å²) >= 11 is 8.17. The van der Waals surface area contributed by atoms with Crippen LogP contribution in [-0.2, 0) is 4.79 Å². The van der Waals surface area contributed by atoms with E-state index >= 15 is 0 Å². The number of carbonyl (C=O) groups excluding carboxylic acids is 2. The van der Waals surface area contributed by atoms with Crippen LogP contribution in [0.25, 0.3) is 10.7 Å². The van der Waals surface area contributed by atoms with Crippen LogP contribution in [0.4, 0.5) is 5.69 Å². The summed E-state index contributed by atoms with van der Waals surface area (Å²) in [5.74, 6) is 0.305. The third-order valence-corrected chi connectivity index (χ3v) is 6.27. The fourth-order valence-electron chi connectivity index (χ4n) is 2.76. The summed E-state index contributed by atoms with van der Waals surface area (Å²) in [4.78, 5) is 26.3. The first kappa shape index (κ1) is 20.2. The van der Waals surface area contributed by atoms with Crippen molar-refractivity contribution in [2.75, 3.05) is 5.32 Å². The minimum absolute atomic E-state index is 0.182. The molecule has 0 bridgehead atoms. The molecule has 1 aromatic carbocycles. The summed E-state index contributed by atoms with van der Waals surface area (Å²) in [6.45, 7) is 1.71. The molecule has 0 saturated carbocycles. The summed E-state index contributed by atoms with van der Waals surface area (Å²) in [7, 11) is 0. The normalized spacial score (nSPS) is 11.8. The molecule has 10 heteroatoms. The van der Waals surface area contributed by atoms with Gasteiger partial charge >= 0.3 is 5.97 Å². The molecule has 0 aliphatic heterocycles. The van der Waals surface area contributed by atoms with Gasteiger partial charge in [0.15, 0.2) is 10.6 Å². The van der Waals surface area contributed by atoms with Crippen molar-refractivity contribution in [1.29, 1.82) is 0 Å². The van der Waals surface area contributed by atoms with E-state index in [4.69, 9.17) is 17.0 Å². The standard InChI is InChI=1S/C20H16N4O3S3/c1-12(24-17(22-23-20(24)28)15-4-2-10-29-15)19(26)27-14-8-6-13(7-9-14)21-18(25)16-5-3-11-30-16/h2-12H,1H3,(H,21,25)(H,23,28). The molecule has 2 N–H and O–H groups in total. The maximum absolute atomic E-state index is 12.7. The molecule has 3 heterocycles. The second kappa shape index (κ2) is 8.74. The van der Waals surface area contributed by atoms with E-state index in [0.717, 1.165) is 4.88 Å². The Morgan fingerprint density at radius 3 is 2.53 bits per heavy atom. The molecule has 0 aliphatic carbocycles. The van der Waals surface area contributed by atoms with E-state index in [1.807, 2.05) is 29.0 Å². The zero-order chi connectivity index (χ0) is 21.1. The van der Waals surface area contributed by atoms with Crippen molar-refractivity contribution in [3.63, 3.8) is 0 Å². The Bertz CT molecular complexity index is 1210. The Labute approximate surface area is 185 Å². The Morgan fingerprint density at radius 2 is 1.87 bits per heavy atom. The van der Waals surface area contributed by atoms with Crippen LogP contribution in [-0.4, -0.2) is 26.6 Å². The Morgan fingerprint density at radius 1 is 1.13 bits per heavy atom. The minimum atomic E-state index is -0.674. The summed E-state index contributed by atoms with van der Waals surface area (Å²) in [6, 6.07) is 13.3. The number of carbonyl (C=O) groups is 2. The van der Waals surface area contributed by atoms with E-state index < -0.39 is 12.0 Å². The zero-order valence-corrected chi connectivity index (χ0v) is 18.1. The molecule has 7 nitrogen and oxygen atoms in total. The van der Waals surface area contributed by atoms with Crippen LogP contribution in [0.15, 0.2) is 59.3 Å². The van der Waals surface area contributed by atoms with Crippen LogP contribution >= 0.6 is 34.9 Å². The quantitative estimate of drug-likeness (QED) is 0.238. The molecule has 4 aromatic rings. The number of amides is 1. The second-order valence-electron chi connectivity index (χ2n) is 6.25. The largest absolute Gasteiger partial charge is 0.425 e. The topological polar surface area (TPSA) is 89.0 Å². The summed E-state index contributed by atoms with van der Waals surface area (Å²) in [5.41, 5.74) is 0.610. The van der Waals surface area contributed by atoms with Gasteiger partial charge in [-0.2, -0.15) is 5.10 Å². The van der Waals surface area contributed by atoms with Crippen molar-refractivity contribution in [3.8, 4) is 16.5 Å². The van der Waals surface area contributed by atoms with Crippen LogP contribution < -0.4 is 10.1 Å². The smallest absolute Gasteiger partial charge is 0.334 e. The lowest BCUT2D eigenvalue weighted by atomic mass is 10.3. The SMILES string of the molecule is CC(C(=O)Oc1ccc(NC(=O)c2cccs2)cc1)n1c(-c2cccs2)n[nH]c1=S. The molecule has 152 valence electrons. The van der Waals surface area contributed by atoms with Crippen LogP contribution in [0.3, 0.4) is 0 Å². The number of esters is 1. The first-order chi connectivity index (χ1) is 14.5. The molecule has 0 fully saturated rings. The van der Waals surface area contributed by atoms with Gasteiger partial charge in [0, 0.05) is 5.69 Å². The third-order valence-electron chi connectivity index (χ3n) is 4.25. The predicted molar refractivity (Wildman–Crippen MR) is 120 cm³/mol. The van der Waals surface area contributed by atoms with Crippen LogP contribution in [0.1, 0.15) is 22.6 Å². The fraction of sp³-hybridized carbons (Fsp3) is 0.100. The Hall–Kier alpha value is -3.08. The maximum Gasteiger partial charge on any atom is 0.334 e. The summed E-state index contributed by atoms with van der Waals surface area (Å²) in [5, 5.41) is 13.5. The number of aromatic nitrogens is 3. The number of nitrogens with one attached hydrogen (secondary N) is 2. The van der Waals surface area contributed by atoms with Gasteiger partial charge in [0.25, 0.3) is 5.91 Å². The molecule has 0 saturated heterocycles. The van der Waals surface area contributed by atoms with Gasteiger partial charge < -0.3 is 10.1 Å². The number of anilines is 1. The van der Waals surface area contributed by atoms with E-state index in [2.05, 4.69) is 15.5 Å². The third kappa shape index (κ3) is 4.25. The number of thiophene rings is 2. The number of hydrogen-bond acceptors (Lipinski definition) is 7. The van der Waals surface area contributed by atoms with Gasteiger partial charge in [-0.1, -0.05) is 12.1 Å². The summed E-state index contributed by atoms with van der Waals surface area (Å²) < 4.78 is 7.48. The number of benzene rings is 1. The average Bonchev–Trinajstić information content (AvgIpc) is 3.50. The highest BCUT2D eigenvalue weighted by Crippen LogP contribution is 2.26. The zero-order valence-electron chi connectivity index (χ0n) is 15.7. The Kier molecular flexibility index (Phi) is 5.88. The first-order valence-electron chi connectivity index (χ1n) is 8.90. The van der Waals surface area contributed by atoms with Crippen molar-refractivity contribution >= 4 is 52.5 Å². The van der Waals surface area contributed by atoms with E-state index in [1.165, 1.54) is 22.7 Å². The van der Waals surface area contributed by atoms with Gasteiger partial charge in [0.05, 0.1) is 9.75 Å². The molecule has 0 aliphatic rings. The van der Waals surface area contributed by atoms with Gasteiger partial charge in [-0.05, 0) is 66.3 Å². The number of nitrogens with zero attached hydrogens (tertiary/aromatic N) is 2. The van der Waals surface area contributed by atoms with Gasteiger partial charge in [-0.25, -0.2) is 4.79 Å². The fourth-order valence-corrected chi connectivity index (χ4v) is 4.38. The molecule has 0 radical (unpaired) electrons. The first-order valence-corrected chi connectivity index (χ1v) is 11.1. The van der Waals surface area contributed by atoms with Gasteiger partial charge in [0.1, 0.15) is 11.8 Å². The molecule has 3 aromatic heterocycles. The lowest BCUT2D eigenvalue weighted by Crippen LogP contribution is -2.22. The van der Waals surface area contributed by atoms with Gasteiger partial charge in [0.2, 0.25) is 0 Å². The molecule has 1 atom stereocenters. The number of H-pyrrole nitrogens is 1. The molecular formula is C20H16N4O3S3. The van der Waals surface area contributed by atoms with Crippen LogP contribution in [0, 0.1) is 4.77 Å². The highest BCUT2D eigenvalue weighted by atomic mass is 32.1. The molecule has 4 rings (SSSR count). The second-order valence-corrected chi connectivity index (χ2v) is 8.53. The van der Waals surface area contributed by atoms with Crippen LogP contribution in [0.5, 0.6) is 5.75 Å². The molecule has 0 spiro atoms. The lowest BCUT2D eigenvalue weighted by molar-refractivity contribution is -0.137. The monoisotopic (exact) mass is 456 g/mol. The summed E-state index contributed by atoms with van der Waals surface area (Å²) in [6.07, 6.45) is 0. The van der Waals surface area contributed by atoms with Gasteiger partial charge in [-0.15, -0.1) is 22.7 Å². The highest BCUT2D eigenvalue weighted by Gasteiger charge is 2.23. The maximum atomic E-state index is 12.7. The molecule has 1 unspecified atom stereocenters. The van der Waals surface area contributed by atoms with Crippen molar-refractivity contribution in [3.05, 3.63) is 68.9 Å². The van der Waals surface area contributed by atoms with Crippen molar-refractivity contribution < 1.29 is 14.3 Å². The number of ether oxygens (including phenoxy) is 1. The Balaban J connectivity index is 1.45. The lowest BCUT2D eigenvalue weighted by Gasteiger charge is -2.14. The minimum Gasteiger partial charge on any atom is -0.425 e. The van der Waals surface area contributed by atoms with E-state index in [9.17, 15) is 9.59 Å². The highest BCUT2D eigenvalue weighted by molar-refractivity contribution is 7.71. The molecule has 30 heavy (non-hydrogen) atoms. The van der Waals surface area contributed by atoms with E-state index in [-0.39, 0.29) is 5.91 Å². The number of aromatic amines is 1. The van der Waals surface area contributed by atoms with Crippen molar-refractivity contribution in [1.82, 2.24) is 14.8 Å². The van der Waals surface area contributed by atoms with Gasteiger partial charge in [-0.3, -0.25) is 14.5 Å². The van der Waals surface area contributed by atoms with E-state index in [0.29, 0.717) is 26.9 Å². The predicted octanol–water partition coefficient (Wildman–Crippen LogP) is 5.15. The molecular weight excluding hydrogens is 440 g/mol. The van der Waals surface area contributed by atoms with Crippen molar-refractivity contribution in [2.45, 2.75) is 13.0 Å². The number of hydrogen-bond donors (Lipinski definition) is 2. The van der Waals surface area contributed by atoms with Crippen LogP contribution in [0.2, 0.25) is 0 Å². The van der Waals surface area contributed by atoms with E-state index in [1.54, 1.807) is 41.8 Å². The average molecular weight is 457 g/mol. The van der Waals surface area contributed by atoms with Crippen molar-refractivity contribution in [2.24, 2.45) is 0 Å². The number of rotatable bonds is 6.